The Bertz CT molecular complexity index is 761. The van der Waals surface area contributed by atoms with Crippen molar-refractivity contribution in [3.05, 3.63) is 26.6 Å². The second kappa shape index (κ2) is 8.17. The lowest BCUT2D eigenvalue weighted by Crippen LogP contribution is -2.41. The van der Waals surface area contributed by atoms with Crippen LogP contribution in [0.5, 0.6) is 5.75 Å². The van der Waals surface area contributed by atoms with Crippen LogP contribution in [0, 0.1) is 11.3 Å². The maximum absolute atomic E-state index is 12.3. The quantitative estimate of drug-likeness (QED) is 0.635. The van der Waals surface area contributed by atoms with Gasteiger partial charge in [0.1, 0.15) is 6.10 Å². The van der Waals surface area contributed by atoms with E-state index < -0.39 is 18.9 Å². The lowest BCUT2D eigenvalue weighted by Gasteiger charge is -2.45. The topological polar surface area (TPSA) is 77.8 Å². The van der Waals surface area contributed by atoms with Crippen LogP contribution in [0.1, 0.15) is 45.4 Å². The highest BCUT2D eigenvalue weighted by Crippen LogP contribution is 2.50. The maximum Gasteiger partial charge on any atom is 0.237 e. The summed E-state index contributed by atoms with van der Waals surface area (Å²) in [5.74, 6) is 0.360. The first kappa shape index (κ1) is 21.7. The first-order valence-electron chi connectivity index (χ1n) is 8.91. The largest absolute Gasteiger partial charge is 0.491 e. The minimum absolute atomic E-state index is 0.172. The SMILES string of the molecule is CCOP(C)(=O)CCCC1Cn2cc(Br)c(=O)c(OC)c2C(O)C1(C)C. The van der Waals surface area contributed by atoms with Gasteiger partial charge >= 0.3 is 0 Å². The molecule has 26 heavy (non-hydrogen) atoms. The van der Waals surface area contributed by atoms with Gasteiger partial charge in [0.15, 0.2) is 13.1 Å². The molecule has 3 unspecified atom stereocenters. The number of aromatic nitrogens is 1. The average molecular weight is 450 g/mol. The van der Waals surface area contributed by atoms with Crippen LogP contribution in [-0.2, 0) is 15.6 Å². The molecule has 1 N–H and O–H groups in total. The van der Waals surface area contributed by atoms with Crippen molar-refractivity contribution < 1.29 is 18.9 Å². The second-order valence-electron chi connectivity index (χ2n) is 7.60. The summed E-state index contributed by atoms with van der Waals surface area (Å²) in [5, 5.41) is 11.0. The molecule has 3 atom stereocenters. The predicted molar refractivity (Wildman–Crippen MR) is 106 cm³/mol. The van der Waals surface area contributed by atoms with Crippen molar-refractivity contribution in [3.8, 4) is 5.75 Å². The van der Waals surface area contributed by atoms with E-state index in [-0.39, 0.29) is 17.1 Å². The van der Waals surface area contributed by atoms with Crippen molar-refractivity contribution in [2.24, 2.45) is 11.3 Å². The average Bonchev–Trinajstić information content (AvgIpc) is 2.54. The molecule has 0 fully saturated rings. The lowest BCUT2D eigenvalue weighted by molar-refractivity contribution is -0.0325. The Labute approximate surface area is 163 Å². The minimum Gasteiger partial charge on any atom is -0.491 e. The van der Waals surface area contributed by atoms with Gasteiger partial charge < -0.3 is 18.9 Å². The molecule has 148 valence electrons. The highest BCUT2D eigenvalue weighted by atomic mass is 79.9. The third-order valence-corrected chi connectivity index (χ3v) is 7.89. The zero-order chi connectivity index (χ0) is 19.7. The molecule has 0 bridgehead atoms. The van der Waals surface area contributed by atoms with Crippen molar-refractivity contribution in [2.45, 2.75) is 46.3 Å². The van der Waals surface area contributed by atoms with Crippen LogP contribution >= 0.6 is 23.3 Å². The number of halogens is 1. The number of hydrogen-bond acceptors (Lipinski definition) is 5. The number of pyridine rings is 1. The van der Waals surface area contributed by atoms with E-state index in [9.17, 15) is 14.5 Å². The Kier molecular flexibility index (Phi) is 6.81. The molecule has 1 aromatic heterocycles. The summed E-state index contributed by atoms with van der Waals surface area (Å²) < 4.78 is 25.3. The molecule has 6 nitrogen and oxygen atoms in total. The monoisotopic (exact) mass is 449 g/mol. The molecule has 0 aliphatic carbocycles. The highest BCUT2D eigenvalue weighted by Gasteiger charge is 2.44. The number of hydrogen-bond donors (Lipinski definition) is 1. The molecule has 8 heteroatoms. The number of rotatable bonds is 7. The number of methoxy groups -OCH3 is 1. The Morgan fingerprint density at radius 3 is 2.69 bits per heavy atom. The van der Waals surface area contributed by atoms with Crippen LogP contribution in [0.4, 0.5) is 0 Å². The maximum atomic E-state index is 12.3. The van der Waals surface area contributed by atoms with Crippen LogP contribution in [0.15, 0.2) is 15.5 Å². The molecule has 1 aromatic rings. The Morgan fingerprint density at radius 1 is 1.46 bits per heavy atom. The zero-order valence-electron chi connectivity index (χ0n) is 16.1. The van der Waals surface area contributed by atoms with E-state index >= 15 is 0 Å². The molecule has 1 aliphatic heterocycles. The van der Waals surface area contributed by atoms with Crippen molar-refractivity contribution in [3.63, 3.8) is 0 Å². The summed E-state index contributed by atoms with van der Waals surface area (Å²) in [5.41, 5.74) is -0.162. The summed E-state index contributed by atoms with van der Waals surface area (Å²) in [7, 11) is -1.10. The normalized spacial score (nSPS) is 24.0. The highest BCUT2D eigenvalue weighted by molar-refractivity contribution is 9.10. The summed E-state index contributed by atoms with van der Waals surface area (Å²) in [6.07, 6.45) is 3.02. The van der Waals surface area contributed by atoms with Crippen molar-refractivity contribution in [2.75, 3.05) is 26.5 Å². The molecular formula is C18H29BrNO5P. The number of aliphatic hydroxyl groups is 1. The summed E-state index contributed by atoms with van der Waals surface area (Å²) in [6.45, 7) is 8.66. The summed E-state index contributed by atoms with van der Waals surface area (Å²) in [4.78, 5) is 12.3. The van der Waals surface area contributed by atoms with Gasteiger partial charge in [-0.3, -0.25) is 9.36 Å². The van der Waals surface area contributed by atoms with E-state index in [1.165, 1.54) is 7.11 Å². The Balaban J connectivity index is 2.27. The molecular weight excluding hydrogens is 421 g/mol. The molecule has 0 saturated heterocycles. The van der Waals surface area contributed by atoms with E-state index in [1.807, 2.05) is 25.3 Å². The Hall–Kier alpha value is -0.620. The second-order valence-corrected chi connectivity index (χ2v) is 11.2. The van der Waals surface area contributed by atoms with Crippen LogP contribution in [0.2, 0.25) is 0 Å². The summed E-state index contributed by atoms with van der Waals surface area (Å²) in [6, 6.07) is 0. The van der Waals surface area contributed by atoms with Gasteiger partial charge in [0.2, 0.25) is 5.43 Å². The van der Waals surface area contributed by atoms with Gasteiger partial charge in [0.05, 0.1) is 23.9 Å². The van der Waals surface area contributed by atoms with Gasteiger partial charge in [-0.1, -0.05) is 13.8 Å². The molecule has 0 amide bonds. The van der Waals surface area contributed by atoms with E-state index in [2.05, 4.69) is 15.9 Å². The fourth-order valence-corrected chi connectivity index (χ4v) is 5.58. The minimum atomic E-state index is -2.55. The molecule has 2 rings (SSSR count). The van der Waals surface area contributed by atoms with Gasteiger partial charge in [-0.25, -0.2) is 0 Å². The van der Waals surface area contributed by atoms with E-state index in [0.29, 0.717) is 29.5 Å². The van der Waals surface area contributed by atoms with Gasteiger partial charge in [-0.2, -0.15) is 0 Å². The number of aliphatic hydroxyl groups excluding tert-OH is 1. The molecule has 1 aliphatic rings. The number of nitrogens with zero attached hydrogens (tertiary/aromatic N) is 1. The third-order valence-electron chi connectivity index (χ3n) is 5.39. The molecule has 0 aromatic carbocycles. The lowest BCUT2D eigenvalue weighted by atomic mass is 9.69. The Morgan fingerprint density at radius 2 is 2.12 bits per heavy atom. The first-order chi connectivity index (χ1) is 12.0. The number of fused-ring (bicyclic) bond motifs is 1. The predicted octanol–water partition coefficient (Wildman–Crippen LogP) is 4.03. The van der Waals surface area contributed by atoms with Crippen LogP contribution in [0.25, 0.3) is 0 Å². The first-order valence-corrected chi connectivity index (χ1v) is 12.0. The molecule has 0 radical (unpaired) electrons. The molecule has 0 spiro atoms. The molecule has 0 saturated carbocycles. The fourth-order valence-electron chi connectivity index (χ4n) is 3.72. The van der Waals surface area contributed by atoms with Crippen molar-refractivity contribution >= 4 is 23.3 Å². The van der Waals surface area contributed by atoms with E-state index in [1.54, 1.807) is 12.9 Å². The van der Waals surface area contributed by atoms with E-state index in [0.717, 1.165) is 12.8 Å². The summed E-state index contributed by atoms with van der Waals surface area (Å²) >= 11 is 3.28. The third kappa shape index (κ3) is 4.27. The van der Waals surface area contributed by atoms with E-state index in [4.69, 9.17) is 9.26 Å². The zero-order valence-corrected chi connectivity index (χ0v) is 18.6. The fraction of sp³-hybridized carbons (Fsp3) is 0.722. The van der Waals surface area contributed by atoms with Gasteiger partial charge in [0, 0.05) is 31.0 Å². The standard InChI is InChI=1S/C18H29BrNO5P/c1-6-25-26(5,23)9-7-8-12-10-20-11-13(19)15(21)16(24-4)14(20)17(22)18(12,2)3/h11-12,17,22H,6-10H2,1-5H3. The van der Waals surface area contributed by atoms with Gasteiger partial charge in [0.25, 0.3) is 0 Å². The molecule has 2 heterocycles. The van der Waals surface area contributed by atoms with Crippen LogP contribution in [0.3, 0.4) is 0 Å². The van der Waals surface area contributed by atoms with Gasteiger partial charge in [-0.05, 0) is 41.6 Å². The number of ether oxygens (including phenoxy) is 1. The van der Waals surface area contributed by atoms with Crippen molar-refractivity contribution in [1.29, 1.82) is 0 Å². The van der Waals surface area contributed by atoms with Crippen LogP contribution in [-0.4, -0.2) is 36.2 Å². The van der Waals surface area contributed by atoms with Gasteiger partial charge in [-0.15, -0.1) is 0 Å². The van der Waals surface area contributed by atoms with Crippen molar-refractivity contribution in [1.82, 2.24) is 4.57 Å². The smallest absolute Gasteiger partial charge is 0.237 e. The van der Waals surface area contributed by atoms with Crippen LogP contribution < -0.4 is 10.2 Å².